The summed E-state index contributed by atoms with van der Waals surface area (Å²) in [5.74, 6) is -0.678. The van der Waals surface area contributed by atoms with Crippen LogP contribution in [0.4, 0.5) is 0 Å². The largest absolute Gasteiger partial charge is 0.465 e. The molecule has 0 saturated heterocycles. The van der Waals surface area contributed by atoms with Crippen molar-refractivity contribution in [2.75, 3.05) is 7.11 Å². The average Bonchev–Trinajstić information content (AvgIpc) is 2.96. The minimum absolute atomic E-state index is 0.0401. The smallest absolute Gasteiger partial charge is 0.349 e. The van der Waals surface area contributed by atoms with Gasteiger partial charge in [-0.2, -0.15) is 0 Å². The number of esters is 1. The highest BCUT2D eigenvalue weighted by Crippen LogP contribution is 2.23. The fourth-order valence-electron chi connectivity index (χ4n) is 1.64. The second-order valence-electron chi connectivity index (χ2n) is 4.02. The number of sulfonamides is 1. The lowest BCUT2D eigenvalue weighted by atomic mass is 10.2. The maximum atomic E-state index is 12.3. The van der Waals surface area contributed by atoms with E-state index < -0.39 is 16.0 Å². The molecule has 0 aliphatic rings. The van der Waals surface area contributed by atoms with Crippen LogP contribution in [0.15, 0.2) is 40.6 Å². The summed E-state index contributed by atoms with van der Waals surface area (Å²) in [6.45, 7) is 0.0401. The van der Waals surface area contributed by atoms with Gasteiger partial charge >= 0.3 is 5.97 Å². The molecule has 21 heavy (non-hydrogen) atoms. The van der Waals surface area contributed by atoms with Gasteiger partial charge in [0.1, 0.15) is 9.77 Å². The third kappa shape index (κ3) is 3.62. The van der Waals surface area contributed by atoms with Gasteiger partial charge in [0.2, 0.25) is 10.0 Å². The van der Waals surface area contributed by atoms with Crippen LogP contribution in [0.5, 0.6) is 0 Å². The van der Waals surface area contributed by atoms with E-state index in [1.807, 2.05) is 0 Å². The number of halogens is 1. The molecule has 1 heterocycles. The summed E-state index contributed by atoms with van der Waals surface area (Å²) in [5, 5.41) is 2.00. The molecule has 0 bridgehead atoms. The van der Waals surface area contributed by atoms with Crippen LogP contribution in [0, 0.1) is 0 Å². The van der Waals surface area contributed by atoms with E-state index in [2.05, 4.69) is 9.46 Å². The van der Waals surface area contributed by atoms with Gasteiger partial charge in [0.15, 0.2) is 0 Å². The quantitative estimate of drug-likeness (QED) is 0.845. The average molecular weight is 346 g/mol. The van der Waals surface area contributed by atoms with Crippen molar-refractivity contribution in [1.29, 1.82) is 0 Å². The first-order valence-corrected chi connectivity index (χ1v) is 8.58. The number of ether oxygens (including phenoxy) is 1. The van der Waals surface area contributed by atoms with Crippen LogP contribution < -0.4 is 4.72 Å². The van der Waals surface area contributed by atoms with Crippen molar-refractivity contribution in [3.05, 3.63) is 51.2 Å². The molecule has 0 radical (unpaired) electrons. The number of methoxy groups -OCH3 is 1. The van der Waals surface area contributed by atoms with Crippen LogP contribution in [0.2, 0.25) is 5.02 Å². The molecule has 1 aromatic carbocycles. The number of benzene rings is 1. The molecule has 8 heteroatoms. The van der Waals surface area contributed by atoms with Crippen molar-refractivity contribution < 1.29 is 17.9 Å². The third-order valence-electron chi connectivity index (χ3n) is 2.70. The van der Waals surface area contributed by atoms with E-state index in [1.165, 1.54) is 18.6 Å². The van der Waals surface area contributed by atoms with E-state index in [4.69, 9.17) is 11.6 Å². The maximum Gasteiger partial charge on any atom is 0.349 e. The lowest BCUT2D eigenvalue weighted by Crippen LogP contribution is -2.24. The molecule has 0 amide bonds. The maximum absolute atomic E-state index is 12.3. The molecule has 1 aromatic heterocycles. The van der Waals surface area contributed by atoms with Gasteiger partial charge in [-0.25, -0.2) is 17.9 Å². The van der Waals surface area contributed by atoms with E-state index >= 15 is 0 Å². The summed E-state index contributed by atoms with van der Waals surface area (Å²) in [4.78, 5) is 11.5. The van der Waals surface area contributed by atoms with Gasteiger partial charge in [0.25, 0.3) is 0 Å². The Kier molecular flexibility index (Phi) is 5.00. The molecule has 0 unspecified atom stereocenters. The van der Waals surface area contributed by atoms with Gasteiger partial charge in [-0.3, -0.25) is 0 Å². The Balaban J connectivity index is 2.22. The zero-order chi connectivity index (χ0) is 15.5. The van der Waals surface area contributed by atoms with Crippen LogP contribution in [0.1, 0.15) is 15.2 Å². The number of thiophene rings is 1. The van der Waals surface area contributed by atoms with Crippen molar-refractivity contribution in [3.8, 4) is 0 Å². The fraction of sp³-hybridized carbons (Fsp3) is 0.154. The van der Waals surface area contributed by atoms with E-state index in [9.17, 15) is 13.2 Å². The number of carbonyl (C=O) groups excluding carboxylic acids is 1. The summed E-state index contributed by atoms with van der Waals surface area (Å²) < 4.78 is 31.5. The Labute approximate surface area is 131 Å². The van der Waals surface area contributed by atoms with Gasteiger partial charge in [-0.05, 0) is 23.1 Å². The van der Waals surface area contributed by atoms with Crippen LogP contribution in [0.25, 0.3) is 0 Å². The molecular weight excluding hydrogens is 334 g/mol. The Morgan fingerprint density at radius 3 is 2.71 bits per heavy atom. The molecule has 0 atom stereocenters. The number of hydrogen-bond donors (Lipinski definition) is 1. The minimum atomic E-state index is -3.82. The number of nitrogens with one attached hydrogen (secondary N) is 1. The molecule has 0 spiro atoms. The van der Waals surface area contributed by atoms with Gasteiger partial charge in [-0.1, -0.05) is 29.8 Å². The van der Waals surface area contributed by atoms with E-state index in [0.717, 1.165) is 11.3 Å². The first kappa shape index (κ1) is 16.0. The number of carbonyl (C=O) groups is 1. The van der Waals surface area contributed by atoms with Crippen LogP contribution in [-0.2, 0) is 21.3 Å². The summed E-state index contributed by atoms with van der Waals surface area (Å²) in [7, 11) is -2.61. The normalized spacial score (nSPS) is 11.3. The summed E-state index contributed by atoms with van der Waals surface area (Å²) in [5.41, 5.74) is 0.651. The molecule has 0 aliphatic carbocycles. The van der Waals surface area contributed by atoms with Crippen molar-refractivity contribution in [1.82, 2.24) is 4.72 Å². The first-order chi connectivity index (χ1) is 9.95. The Hall–Kier alpha value is -1.41. The molecule has 2 rings (SSSR count). The highest BCUT2D eigenvalue weighted by atomic mass is 35.5. The van der Waals surface area contributed by atoms with E-state index in [0.29, 0.717) is 10.6 Å². The zero-order valence-electron chi connectivity index (χ0n) is 11.0. The predicted molar refractivity (Wildman–Crippen MR) is 81.1 cm³/mol. The Morgan fingerprint density at radius 2 is 2.05 bits per heavy atom. The minimum Gasteiger partial charge on any atom is -0.465 e. The highest BCUT2D eigenvalue weighted by Gasteiger charge is 2.24. The molecule has 112 valence electrons. The van der Waals surface area contributed by atoms with Crippen molar-refractivity contribution in [2.45, 2.75) is 11.4 Å². The van der Waals surface area contributed by atoms with Gasteiger partial charge in [0.05, 0.1) is 7.11 Å². The van der Waals surface area contributed by atoms with E-state index in [-0.39, 0.29) is 16.3 Å². The monoisotopic (exact) mass is 345 g/mol. The Bertz CT molecular complexity index is 755. The molecule has 0 fully saturated rings. The lowest BCUT2D eigenvalue weighted by molar-refractivity contribution is 0.0602. The van der Waals surface area contributed by atoms with Crippen molar-refractivity contribution in [3.63, 3.8) is 0 Å². The van der Waals surface area contributed by atoms with Crippen LogP contribution >= 0.6 is 22.9 Å². The topological polar surface area (TPSA) is 72.5 Å². The highest BCUT2D eigenvalue weighted by molar-refractivity contribution is 7.89. The van der Waals surface area contributed by atoms with Crippen molar-refractivity contribution in [2.24, 2.45) is 0 Å². The first-order valence-electron chi connectivity index (χ1n) is 5.84. The standard InChI is InChI=1S/C13H12ClNO4S2/c1-19-13(16)12-11(6-7-20-12)21(17,18)15-8-9-4-2-3-5-10(9)14/h2-7,15H,8H2,1H3. The number of hydrogen-bond acceptors (Lipinski definition) is 5. The molecule has 1 N–H and O–H groups in total. The van der Waals surface area contributed by atoms with Gasteiger partial charge < -0.3 is 4.74 Å². The SMILES string of the molecule is COC(=O)c1sccc1S(=O)(=O)NCc1ccccc1Cl. The number of rotatable bonds is 5. The van der Waals surface area contributed by atoms with E-state index in [1.54, 1.807) is 24.3 Å². The van der Waals surface area contributed by atoms with Crippen molar-refractivity contribution >= 4 is 38.9 Å². The third-order valence-corrected chi connectivity index (χ3v) is 5.54. The van der Waals surface area contributed by atoms with Crippen LogP contribution in [-0.4, -0.2) is 21.5 Å². The van der Waals surface area contributed by atoms with Gasteiger partial charge in [0, 0.05) is 11.6 Å². The molecular formula is C13H12ClNO4S2. The summed E-state index contributed by atoms with van der Waals surface area (Å²) >= 11 is 6.99. The van der Waals surface area contributed by atoms with Gasteiger partial charge in [-0.15, -0.1) is 11.3 Å². The Morgan fingerprint density at radius 1 is 1.33 bits per heavy atom. The molecule has 0 saturated carbocycles. The fourth-order valence-corrected chi connectivity index (χ4v) is 4.18. The molecule has 2 aromatic rings. The molecule has 0 aliphatic heterocycles. The second-order valence-corrected chi connectivity index (χ2v) is 7.08. The summed E-state index contributed by atoms with van der Waals surface area (Å²) in [6.07, 6.45) is 0. The second kappa shape index (κ2) is 6.57. The summed E-state index contributed by atoms with van der Waals surface area (Å²) in [6, 6.07) is 8.29. The molecule has 5 nitrogen and oxygen atoms in total. The predicted octanol–water partition coefficient (Wildman–Crippen LogP) is 2.67. The zero-order valence-corrected chi connectivity index (χ0v) is 13.4. The lowest BCUT2D eigenvalue weighted by Gasteiger charge is -2.08. The van der Waals surface area contributed by atoms with Crippen LogP contribution in [0.3, 0.4) is 0 Å².